The number of H-pyrrole nitrogens is 1. The number of hydrogen-bond donors (Lipinski definition) is 2. The van der Waals surface area contributed by atoms with Crippen LogP contribution in [-0.2, 0) is 6.42 Å². The Balaban J connectivity index is 1.65. The van der Waals surface area contributed by atoms with Gasteiger partial charge in [0.05, 0.1) is 23.1 Å². The van der Waals surface area contributed by atoms with Crippen LogP contribution in [0.2, 0.25) is 5.02 Å². The van der Waals surface area contributed by atoms with E-state index in [1.54, 1.807) is 29.1 Å². The highest BCUT2D eigenvalue weighted by Crippen LogP contribution is 2.26. The minimum absolute atomic E-state index is 0.0459. The summed E-state index contributed by atoms with van der Waals surface area (Å²) < 4.78 is 1.74. The van der Waals surface area contributed by atoms with Gasteiger partial charge in [-0.15, -0.1) is 0 Å². The van der Waals surface area contributed by atoms with E-state index in [2.05, 4.69) is 20.4 Å². The van der Waals surface area contributed by atoms with Crippen molar-refractivity contribution in [2.45, 2.75) is 33.1 Å². The SMILES string of the molecule is CCc1cc(=O)[nH]c(-c2cccc(NC(=O)c3cnn(-c4cccc(Cl)c4)c3C(C)C)c2)n1. The molecule has 0 radical (unpaired) electrons. The Labute approximate surface area is 196 Å². The molecule has 0 aliphatic rings. The molecular weight excluding hydrogens is 438 g/mol. The third kappa shape index (κ3) is 4.88. The first-order valence-corrected chi connectivity index (χ1v) is 11.1. The Morgan fingerprint density at radius 1 is 1.15 bits per heavy atom. The monoisotopic (exact) mass is 461 g/mol. The van der Waals surface area contributed by atoms with Gasteiger partial charge in [-0.05, 0) is 42.7 Å². The number of halogens is 1. The van der Waals surface area contributed by atoms with E-state index in [4.69, 9.17) is 11.6 Å². The quantitative estimate of drug-likeness (QED) is 0.412. The second-order valence-electron chi connectivity index (χ2n) is 7.96. The van der Waals surface area contributed by atoms with Gasteiger partial charge in [0.15, 0.2) is 0 Å². The summed E-state index contributed by atoms with van der Waals surface area (Å²) in [5, 5.41) is 7.99. The first-order valence-electron chi connectivity index (χ1n) is 10.7. The number of aromatic nitrogens is 4. The van der Waals surface area contributed by atoms with Crippen LogP contribution in [0.4, 0.5) is 5.69 Å². The molecule has 168 valence electrons. The third-order valence-corrected chi connectivity index (χ3v) is 5.44. The fourth-order valence-corrected chi connectivity index (χ4v) is 3.86. The molecular formula is C25H24ClN5O2. The lowest BCUT2D eigenvalue weighted by molar-refractivity contribution is 0.102. The van der Waals surface area contributed by atoms with Gasteiger partial charge in [-0.1, -0.05) is 50.6 Å². The maximum Gasteiger partial charge on any atom is 0.259 e. The fourth-order valence-electron chi connectivity index (χ4n) is 3.67. The standard InChI is InChI=1S/C25H24ClN5O2/c1-4-18-13-22(32)30-24(28-18)16-7-5-9-19(11-16)29-25(33)21-14-27-31(23(21)15(2)3)20-10-6-8-17(26)12-20/h5-15H,4H2,1-3H3,(H,29,33)(H,28,30,32). The second kappa shape index (κ2) is 9.42. The zero-order valence-corrected chi connectivity index (χ0v) is 19.3. The molecule has 2 N–H and O–H groups in total. The number of carbonyl (C=O) groups excluding carboxylic acids is 1. The summed E-state index contributed by atoms with van der Waals surface area (Å²) in [4.78, 5) is 32.4. The molecule has 0 unspecified atom stereocenters. The van der Waals surface area contributed by atoms with Gasteiger partial charge in [-0.25, -0.2) is 9.67 Å². The van der Waals surface area contributed by atoms with Crippen molar-refractivity contribution in [1.29, 1.82) is 0 Å². The molecule has 4 aromatic rings. The third-order valence-electron chi connectivity index (χ3n) is 5.20. The molecule has 33 heavy (non-hydrogen) atoms. The number of benzene rings is 2. The van der Waals surface area contributed by atoms with Crippen molar-refractivity contribution in [3.8, 4) is 17.1 Å². The number of aryl methyl sites for hydroxylation is 1. The van der Waals surface area contributed by atoms with Gasteiger partial charge in [0, 0.05) is 28.0 Å². The molecule has 0 fully saturated rings. The Bertz CT molecular complexity index is 1370. The van der Waals surface area contributed by atoms with Crippen molar-refractivity contribution < 1.29 is 4.79 Å². The van der Waals surface area contributed by atoms with Gasteiger partial charge in [-0.3, -0.25) is 9.59 Å². The molecule has 4 rings (SSSR count). The molecule has 8 heteroatoms. The van der Waals surface area contributed by atoms with Crippen LogP contribution >= 0.6 is 11.6 Å². The van der Waals surface area contributed by atoms with Crippen molar-refractivity contribution in [3.63, 3.8) is 0 Å². The zero-order valence-electron chi connectivity index (χ0n) is 18.6. The largest absolute Gasteiger partial charge is 0.322 e. The van der Waals surface area contributed by atoms with Crippen molar-refractivity contribution in [1.82, 2.24) is 19.7 Å². The van der Waals surface area contributed by atoms with Crippen molar-refractivity contribution >= 4 is 23.2 Å². The summed E-state index contributed by atoms with van der Waals surface area (Å²) in [6, 6.07) is 16.1. The second-order valence-corrected chi connectivity index (χ2v) is 8.40. The van der Waals surface area contributed by atoms with Crippen LogP contribution in [0.15, 0.2) is 65.6 Å². The molecule has 0 aliphatic heterocycles. The van der Waals surface area contributed by atoms with Crippen LogP contribution in [0.1, 0.15) is 48.4 Å². The molecule has 1 amide bonds. The van der Waals surface area contributed by atoms with Gasteiger partial charge >= 0.3 is 0 Å². The van der Waals surface area contributed by atoms with Crippen LogP contribution in [0.3, 0.4) is 0 Å². The van der Waals surface area contributed by atoms with Crippen LogP contribution in [0.25, 0.3) is 17.1 Å². The highest BCUT2D eigenvalue weighted by Gasteiger charge is 2.21. The molecule has 7 nitrogen and oxygen atoms in total. The maximum atomic E-state index is 13.2. The molecule has 0 spiro atoms. The van der Waals surface area contributed by atoms with Gasteiger partial charge < -0.3 is 10.3 Å². The molecule has 0 atom stereocenters. The van der Waals surface area contributed by atoms with Crippen LogP contribution in [0.5, 0.6) is 0 Å². The van der Waals surface area contributed by atoms with Gasteiger partial charge in [-0.2, -0.15) is 5.10 Å². The van der Waals surface area contributed by atoms with E-state index >= 15 is 0 Å². The van der Waals surface area contributed by atoms with Crippen LogP contribution < -0.4 is 10.9 Å². The average molecular weight is 462 g/mol. The van der Waals surface area contributed by atoms with E-state index < -0.39 is 0 Å². The summed E-state index contributed by atoms with van der Waals surface area (Å²) in [6.07, 6.45) is 2.22. The van der Waals surface area contributed by atoms with Gasteiger partial charge in [0.25, 0.3) is 11.5 Å². The van der Waals surface area contributed by atoms with Crippen LogP contribution in [-0.4, -0.2) is 25.7 Å². The van der Waals surface area contributed by atoms with Crippen molar-refractivity contribution in [2.75, 3.05) is 5.32 Å². The molecule has 2 heterocycles. The number of hydrogen-bond acceptors (Lipinski definition) is 4. The van der Waals surface area contributed by atoms with E-state index in [0.29, 0.717) is 39.8 Å². The Morgan fingerprint density at radius 2 is 1.94 bits per heavy atom. The number of nitrogens with one attached hydrogen (secondary N) is 2. The highest BCUT2D eigenvalue weighted by molar-refractivity contribution is 6.30. The first-order chi connectivity index (χ1) is 15.9. The number of aromatic amines is 1. The maximum absolute atomic E-state index is 13.2. The normalized spacial score (nSPS) is 11.1. The fraction of sp³-hybridized carbons (Fsp3) is 0.200. The lowest BCUT2D eigenvalue weighted by atomic mass is 10.0. The summed E-state index contributed by atoms with van der Waals surface area (Å²) in [6.45, 7) is 5.97. The minimum Gasteiger partial charge on any atom is -0.322 e. The zero-order chi connectivity index (χ0) is 23.5. The van der Waals surface area contributed by atoms with Crippen molar-refractivity contribution in [2.24, 2.45) is 0 Å². The molecule has 2 aromatic heterocycles. The molecule has 2 aromatic carbocycles. The van der Waals surface area contributed by atoms with E-state index in [1.165, 1.54) is 6.07 Å². The van der Waals surface area contributed by atoms with Gasteiger partial charge in [0.1, 0.15) is 5.82 Å². The first kappa shape index (κ1) is 22.5. The average Bonchev–Trinajstić information content (AvgIpc) is 3.25. The summed E-state index contributed by atoms with van der Waals surface area (Å²) >= 11 is 6.15. The summed E-state index contributed by atoms with van der Waals surface area (Å²) in [5.41, 5.74) is 3.85. The van der Waals surface area contributed by atoms with E-state index in [0.717, 1.165) is 11.4 Å². The molecule has 0 saturated heterocycles. The lowest BCUT2D eigenvalue weighted by Gasteiger charge is -2.13. The van der Waals surface area contributed by atoms with Gasteiger partial charge in [0.2, 0.25) is 0 Å². The molecule has 0 aliphatic carbocycles. The Kier molecular flexibility index (Phi) is 6.42. The Morgan fingerprint density at radius 3 is 2.67 bits per heavy atom. The predicted molar refractivity (Wildman–Crippen MR) is 130 cm³/mol. The molecule has 0 saturated carbocycles. The van der Waals surface area contributed by atoms with E-state index in [1.807, 2.05) is 51.1 Å². The highest BCUT2D eigenvalue weighted by atomic mass is 35.5. The number of amides is 1. The van der Waals surface area contributed by atoms with Crippen molar-refractivity contribution in [3.05, 3.63) is 93.1 Å². The lowest BCUT2D eigenvalue weighted by Crippen LogP contribution is -2.15. The smallest absolute Gasteiger partial charge is 0.259 e. The summed E-state index contributed by atoms with van der Waals surface area (Å²) in [7, 11) is 0. The summed E-state index contributed by atoms with van der Waals surface area (Å²) in [5.74, 6) is 0.240. The number of rotatable bonds is 6. The number of carbonyl (C=O) groups is 1. The Hall–Kier alpha value is -3.71. The number of anilines is 1. The predicted octanol–water partition coefficient (Wildman–Crippen LogP) is 5.21. The topological polar surface area (TPSA) is 92.7 Å². The van der Waals surface area contributed by atoms with Crippen LogP contribution in [0, 0.1) is 0 Å². The number of nitrogens with zero attached hydrogens (tertiary/aromatic N) is 3. The molecule has 0 bridgehead atoms. The van der Waals surface area contributed by atoms with E-state index in [-0.39, 0.29) is 17.4 Å². The minimum atomic E-state index is -0.270. The van der Waals surface area contributed by atoms with E-state index in [9.17, 15) is 9.59 Å².